The van der Waals surface area contributed by atoms with Gasteiger partial charge in [-0.3, -0.25) is 29.4 Å². The number of nitrogens with one attached hydrogen (secondary N) is 2. The summed E-state index contributed by atoms with van der Waals surface area (Å²) in [7, 11) is 0. The van der Waals surface area contributed by atoms with Crippen LogP contribution >= 0.6 is 0 Å². The quantitative estimate of drug-likeness (QED) is 0.544. The molecule has 4 N–H and O–H groups in total. The third-order valence-electron chi connectivity index (χ3n) is 4.89. The second-order valence-electron chi connectivity index (χ2n) is 6.81. The highest BCUT2D eigenvalue weighted by Crippen LogP contribution is 2.28. The molecule has 2 aliphatic heterocycles. The Morgan fingerprint density at radius 1 is 1.04 bits per heavy atom. The second-order valence-corrected chi connectivity index (χ2v) is 6.81. The van der Waals surface area contributed by atoms with Crippen LogP contribution in [0.2, 0.25) is 0 Å². The lowest BCUT2D eigenvalue weighted by Crippen LogP contribution is -2.54. The lowest BCUT2D eigenvalue weighted by molar-refractivity contribution is -0.136. The normalized spacial score (nSPS) is 18.9. The van der Waals surface area contributed by atoms with E-state index >= 15 is 0 Å². The van der Waals surface area contributed by atoms with Crippen molar-refractivity contribution in [3.63, 3.8) is 0 Å². The molecular formula is C20H18N4O4. The molecule has 0 radical (unpaired) electrons. The van der Waals surface area contributed by atoms with Crippen molar-refractivity contribution in [2.45, 2.75) is 25.4 Å². The number of amides is 4. The van der Waals surface area contributed by atoms with Crippen LogP contribution in [-0.2, 0) is 16.1 Å². The van der Waals surface area contributed by atoms with E-state index in [1.807, 2.05) is 12.1 Å². The molecule has 2 aromatic carbocycles. The van der Waals surface area contributed by atoms with Gasteiger partial charge in [0.15, 0.2) is 0 Å². The second kappa shape index (κ2) is 6.80. The van der Waals surface area contributed by atoms with Gasteiger partial charge in [-0.25, -0.2) is 0 Å². The van der Waals surface area contributed by atoms with Crippen LogP contribution < -0.4 is 16.4 Å². The zero-order valence-corrected chi connectivity index (χ0v) is 14.9. The first-order valence-electron chi connectivity index (χ1n) is 8.88. The third kappa shape index (κ3) is 3.09. The summed E-state index contributed by atoms with van der Waals surface area (Å²) in [6.07, 6.45) is 0.235. The lowest BCUT2D eigenvalue weighted by Gasteiger charge is -2.27. The van der Waals surface area contributed by atoms with Gasteiger partial charge in [-0.1, -0.05) is 12.1 Å². The number of hydrogen-bond acceptors (Lipinski definition) is 6. The average Bonchev–Trinajstić information content (AvgIpc) is 2.91. The van der Waals surface area contributed by atoms with Crippen LogP contribution in [0.1, 0.15) is 39.1 Å². The highest BCUT2D eigenvalue weighted by Gasteiger charge is 2.44. The molecule has 2 aromatic rings. The number of nitrogen functional groups attached to an aromatic ring is 1. The van der Waals surface area contributed by atoms with Crippen LogP contribution in [0.25, 0.3) is 0 Å². The number of fused-ring (bicyclic) bond motifs is 1. The van der Waals surface area contributed by atoms with Gasteiger partial charge >= 0.3 is 0 Å². The first-order chi connectivity index (χ1) is 13.4. The van der Waals surface area contributed by atoms with E-state index < -0.39 is 29.7 Å². The summed E-state index contributed by atoms with van der Waals surface area (Å²) < 4.78 is 0. The van der Waals surface area contributed by atoms with Gasteiger partial charge in [-0.05, 0) is 42.3 Å². The highest BCUT2D eigenvalue weighted by atomic mass is 16.2. The largest absolute Gasteiger partial charge is 0.399 e. The third-order valence-corrected chi connectivity index (χ3v) is 4.89. The van der Waals surface area contributed by atoms with E-state index in [1.165, 1.54) is 0 Å². The Morgan fingerprint density at radius 2 is 1.82 bits per heavy atom. The summed E-state index contributed by atoms with van der Waals surface area (Å²) >= 11 is 0. The molecule has 2 aliphatic rings. The molecule has 8 nitrogen and oxygen atoms in total. The van der Waals surface area contributed by atoms with Gasteiger partial charge < -0.3 is 11.1 Å². The molecule has 1 saturated heterocycles. The van der Waals surface area contributed by atoms with Gasteiger partial charge in [0.05, 0.1) is 11.1 Å². The van der Waals surface area contributed by atoms with E-state index in [9.17, 15) is 19.2 Å². The van der Waals surface area contributed by atoms with Crippen molar-refractivity contribution in [1.82, 2.24) is 10.2 Å². The minimum absolute atomic E-state index is 0.0964. The van der Waals surface area contributed by atoms with Crippen molar-refractivity contribution in [2.75, 3.05) is 11.1 Å². The summed E-state index contributed by atoms with van der Waals surface area (Å²) in [6.45, 7) is 0.441. The summed E-state index contributed by atoms with van der Waals surface area (Å²) in [5, 5.41) is 5.40. The van der Waals surface area contributed by atoms with Gasteiger partial charge in [0.1, 0.15) is 6.04 Å². The number of imide groups is 2. The Labute approximate surface area is 160 Å². The first kappa shape index (κ1) is 17.7. The van der Waals surface area contributed by atoms with E-state index in [2.05, 4.69) is 10.6 Å². The fourth-order valence-corrected chi connectivity index (χ4v) is 3.48. The van der Waals surface area contributed by atoms with Crippen molar-refractivity contribution in [3.05, 3.63) is 59.2 Å². The minimum Gasteiger partial charge on any atom is -0.399 e. The molecular weight excluding hydrogens is 360 g/mol. The average molecular weight is 378 g/mol. The van der Waals surface area contributed by atoms with E-state index in [0.717, 1.165) is 16.2 Å². The fraction of sp³-hybridized carbons (Fsp3) is 0.200. The van der Waals surface area contributed by atoms with Gasteiger partial charge in [0, 0.05) is 24.3 Å². The predicted octanol–water partition coefficient (Wildman–Crippen LogP) is 1.28. The molecule has 142 valence electrons. The highest BCUT2D eigenvalue weighted by molar-refractivity contribution is 6.23. The number of carbonyl (C=O) groups is 4. The minimum atomic E-state index is -0.959. The summed E-state index contributed by atoms with van der Waals surface area (Å²) in [5.41, 5.74) is 8.58. The molecule has 0 saturated carbocycles. The number of anilines is 2. The molecule has 0 aliphatic carbocycles. The lowest BCUT2D eigenvalue weighted by atomic mass is 10.0. The molecule has 1 fully saturated rings. The van der Waals surface area contributed by atoms with Gasteiger partial charge in [0.25, 0.3) is 11.8 Å². The Kier molecular flexibility index (Phi) is 4.31. The van der Waals surface area contributed by atoms with Crippen LogP contribution in [0.3, 0.4) is 0 Å². The molecule has 1 atom stereocenters. The Morgan fingerprint density at radius 3 is 2.57 bits per heavy atom. The van der Waals surface area contributed by atoms with E-state index in [1.54, 1.807) is 30.3 Å². The maximum atomic E-state index is 12.8. The number of carbonyl (C=O) groups excluding carboxylic acids is 4. The number of hydrogen-bond donors (Lipinski definition) is 3. The molecule has 0 aromatic heterocycles. The number of nitrogens with two attached hydrogens (primary N) is 1. The zero-order chi connectivity index (χ0) is 19.8. The van der Waals surface area contributed by atoms with Gasteiger partial charge in [-0.15, -0.1) is 0 Å². The SMILES string of the molecule is Nc1cccc(NCc2ccc3c(c2)C(=O)N(C2CCC(=O)NC2=O)C3=O)c1. The predicted molar refractivity (Wildman–Crippen MR) is 101 cm³/mol. The first-order valence-corrected chi connectivity index (χ1v) is 8.88. The molecule has 0 bridgehead atoms. The summed E-state index contributed by atoms with van der Waals surface area (Å²) in [5.74, 6) is -2.03. The van der Waals surface area contributed by atoms with Crippen molar-refractivity contribution < 1.29 is 19.2 Å². The monoisotopic (exact) mass is 378 g/mol. The maximum Gasteiger partial charge on any atom is 0.262 e. The summed E-state index contributed by atoms with van der Waals surface area (Å²) in [6, 6.07) is 11.3. The molecule has 28 heavy (non-hydrogen) atoms. The molecule has 0 spiro atoms. The maximum absolute atomic E-state index is 12.8. The molecule has 2 heterocycles. The zero-order valence-electron chi connectivity index (χ0n) is 14.9. The number of benzene rings is 2. The van der Waals surface area contributed by atoms with Crippen molar-refractivity contribution >= 4 is 35.0 Å². The Bertz CT molecular complexity index is 1020. The van der Waals surface area contributed by atoms with Crippen LogP contribution in [-0.4, -0.2) is 34.6 Å². The van der Waals surface area contributed by atoms with Gasteiger partial charge in [0.2, 0.25) is 11.8 Å². The Hall–Kier alpha value is -3.68. The van der Waals surface area contributed by atoms with E-state index in [0.29, 0.717) is 12.2 Å². The van der Waals surface area contributed by atoms with Gasteiger partial charge in [-0.2, -0.15) is 0 Å². The van der Waals surface area contributed by atoms with Crippen LogP contribution in [0.15, 0.2) is 42.5 Å². The van der Waals surface area contributed by atoms with Crippen LogP contribution in [0, 0.1) is 0 Å². The number of nitrogens with zero attached hydrogens (tertiary/aromatic N) is 1. The summed E-state index contributed by atoms with van der Waals surface area (Å²) in [4.78, 5) is 49.9. The standard InChI is InChI=1S/C20H18N4O4/c21-12-2-1-3-13(9-12)22-10-11-4-5-14-15(8-11)20(28)24(19(14)27)16-6-7-17(25)23-18(16)26/h1-5,8-9,16,22H,6-7,10,21H2,(H,23,25,26). The number of rotatable bonds is 4. The van der Waals surface area contributed by atoms with E-state index in [4.69, 9.17) is 5.73 Å². The van der Waals surface area contributed by atoms with Crippen LogP contribution in [0.4, 0.5) is 11.4 Å². The molecule has 4 rings (SSSR count). The van der Waals surface area contributed by atoms with Crippen molar-refractivity contribution in [3.8, 4) is 0 Å². The van der Waals surface area contributed by atoms with Crippen molar-refractivity contribution in [2.24, 2.45) is 0 Å². The van der Waals surface area contributed by atoms with Crippen molar-refractivity contribution in [1.29, 1.82) is 0 Å². The fourth-order valence-electron chi connectivity index (χ4n) is 3.48. The van der Waals surface area contributed by atoms with E-state index in [-0.39, 0.29) is 24.0 Å². The molecule has 8 heteroatoms. The van der Waals surface area contributed by atoms with Crippen LogP contribution in [0.5, 0.6) is 0 Å². The molecule has 1 unspecified atom stereocenters. The smallest absolute Gasteiger partial charge is 0.262 e. The topological polar surface area (TPSA) is 122 Å². The molecule has 4 amide bonds. The number of piperidine rings is 1. The Balaban J connectivity index is 1.54.